The number of alkyl halides is 3. The largest absolute Gasteiger partial charge is 0.489 e. The lowest BCUT2D eigenvalue weighted by atomic mass is 9.83. The maximum absolute atomic E-state index is 17.0. The van der Waals surface area contributed by atoms with Gasteiger partial charge < -0.3 is 25.4 Å². The number of rotatable bonds is 4. The number of nitrogens with one attached hydrogen (secondary N) is 1. The van der Waals surface area contributed by atoms with E-state index in [0.29, 0.717) is 19.0 Å². The molecule has 246 valence electrons. The molecule has 5 aliphatic heterocycles. The van der Waals surface area contributed by atoms with E-state index < -0.39 is 28.8 Å². The van der Waals surface area contributed by atoms with Crippen molar-refractivity contribution in [3.63, 3.8) is 0 Å². The number of hydrogen-bond acceptors (Lipinski definition) is 9. The Hall–Kier alpha value is -3.16. The van der Waals surface area contributed by atoms with E-state index in [1.54, 1.807) is 0 Å². The number of nitrogen functional groups attached to an aromatic ring is 1. The fraction of sp³-hybridized carbons (Fsp3) is 0.594. The maximum Gasteiger partial charge on any atom is 0.418 e. The normalized spacial score (nSPS) is 28.3. The molecule has 4 saturated heterocycles. The van der Waals surface area contributed by atoms with Crippen LogP contribution < -0.4 is 25.4 Å². The van der Waals surface area contributed by atoms with Crippen molar-refractivity contribution in [2.45, 2.75) is 82.7 Å². The van der Waals surface area contributed by atoms with Gasteiger partial charge in [-0.05, 0) is 62.6 Å². The first-order valence-electron chi connectivity index (χ1n) is 15.9. The van der Waals surface area contributed by atoms with Crippen LogP contribution in [0, 0.1) is 18.2 Å². The number of anilines is 2. The molecule has 1 unspecified atom stereocenters. The van der Waals surface area contributed by atoms with Crippen molar-refractivity contribution < 1.29 is 27.0 Å². The topological polar surface area (TPSA) is 102 Å². The number of halogens is 5. The summed E-state index contributed by atoms with van der Waals surface area (Å²) in [4.78, 5) is 18.0. The van der Waals surface area contributed by atoms with E-state index in [9.17, 15) is 13.2 Å². The lowest BCUT2D eigenvalue weighted by Gasteiger charge is -2.40. The van der Waals surface area contributed by atoms with Gasteiger partial charge in [0.15, 0.2) is 11.6 Å². The van der Waals surface area contributed by atoms with E-state index >= 15 is 4.39 Å². The molecular formula is C32H36ClF4N7O2. The minimum atomic E-state index is -4.86. The first kappa shape index (κ1) is 30.2. The summed E-state index contributed by atoms with van der Waals surface area (Å²) in [6.45, 7) is 8.76. The van der Waals surface area contributed by atoms with Crippen molar-refractivity contribution in [1.29, 1.82) is 0 Å². The quantitative estimate of drug-likeness (QED) is 0.339. The predicted octanol–water partition coefficient (Wildman–Crippen LogP) is 5.74. The third-order valence-electron chi connectivity index (χ3n) is 10.6. The summed E-state index contributed by atoms with van der Waals surface area (Å²) in [7, 11) is 0. The van der Waals surface area contributed by atoms with E-state index in [1.165, 1.54) is 6.92 Å². The van der Waals surface area contributed by atoms with E-state index in [2.05, 4.69) is 38.9 Å². The van der Waals surface area contributed by atoms with Crippen molar-refractivity contribution in [2.75, 3.05) is 43.5 Å². The molecule has 7 heterocycles. The Morgan fingerprint density at radius 3 is 2.80 bits per heavy atom. The minimum absolute atomic E-state index is 0.0213. The van der Waals surface area contributed by atoms with Crippen LogP contribution in [0.4, 0.5) is 29.2 Å². The average Bonchev–Trinajstić information content (AvgIpc) is 3.56. The Balaban J connectivity index is 1.33. The van der Waals surface area contributed by atoms with E-state index in [4.69, 9.17) is 31.8 Å². The molecular weight excluding hydrogens is 626 g/mol. The number of piperazine rings is 1. The fourth-order valence-corrected chi connectivity index (χ4v) is 9.23. The Labute approximate surface area is 268 Å². The van der Waals surface area contributed by atoms with Gasteiger partial charge >= 0.3 is 12.2 Å². The molecule has 9 nitrogen and oxygen atoms in total. The number of hydrogen-bond donors (Lipinski definition) is 2. The number of aryl methyl sites for hydroxylation is 1. The molecule has 0 spiro atoms. The van der Waals surface area contributed by atoms with E-state index in [0.717, 1.165) is 51.3 Å². The molecule has 14 heteroatoms. The van der Waals surface area contributed by atoms with Crippen LogP contribution in [-0.4, -0.2) is 76.4 Å². The standard InChI is InChI=1S/C32H36ClF4N7O2/c1-15-9-19(38)40-25(22(15)32(35,36)37)20-23(33)27-21-26(24(20)34)41-29(46-14-31-7-4-8-43(31)13-30(2,3)12-31)42-28(21)44-10-16-5-6-17(39-16)18(44)11-45-27/h9,16-18,39H,4-8,10-14H2,1-3H3,(H2,38,40)/t16-,17+,18-,31?/m1/s1. The number of pyridine rings is 1. The molecule has 0 saturated carbocycles. The van der Waals surface area contributed by atoms with Gasteiger partial charge in [0.25, 0.3) is 0 Å². The zero-order chi connectivity index (χ0) is 32.3. The molecule has 4 fully saturated rings. The zero-order valence-corrected chi connectivity index (χ0v) is 26.7. The molecule has 46 heavy (non-hydrogen) atoms. The molecule has 1 aromatic carbocycles. The highest BCUT2D eigenvalue weighted by atomic mass is 35.5. The smallest absolute Gasteiger partial charge is 0.418 e. The Bertz CT molecular complexity index is 1770. The van der Waals surface area contributed by atoms with Gasteiger partial charge in [0.1, 0.15) is 30.4 Å². The van der Waals surface area contributed by atoms with Crippen LogP contribution in [0.25, 0.3) is 22.2 Å². The first-order valence-corrected chi connectivity index (χ1v) is 16.2. The summed E-state index contributed by atoms with van der Waals surface area (Å²) in [5, 5.41) is 3.50. The molecule has 2 aromatic heterocycles. The average molecular weight is 662 g/mol. The van der Waals surface area contributed by atoms with Crippen molar-refractivity contribution in [1.82, 2.24) is 25.2 Å². The number of fused-ring (bicyclic) bond motifs is 6. The third-order valence-corrected chi connectivity index (χ3v) is 10.9. The molecule has 0 aliphatic carbocycles. The number of aromatic nitrogens is 3. The second-order valence-electron chi connectivity index (χ2n) is 14.4. The van der Waals surface area contributed by atoms with Crippen LogP contribution in [0.5, 0.6) is 11.8 Å². The highest BCUT2D eigenvalue weighted by Crippen LogP contribution is 2.52. The molecule has 8 rings (SSSR count). The number of ether oxygens (including phenoxy) is 2. The summed E-state index contributed by atoms with van der Waals surface area (Å²) < 4.78 is 73.0. The molecule has 4 atom stereocenters. The highest BCUT2D eigenvalue weighted by Gasteiger charge is 2.52. The summed E-state index contributed by atoms with van der Waals surface area (Å²) in [6.07, 6.45) is -0.00182. The van der Waals surface area contributed by atoms with Crippen LogP contribution in [-0.2, 0) is 6.18 Å². The molecule has 2 bridgehead atoms. The SMILES string of the molecule is Cc1cc(N)nc(-c2c(Cl)c3c4c(nc(OCC56CCCN5CC(C)(C)C6)nc4c2F)N2C[C@H]4CC[C@H](N4)[C@H]2CO3)c1C(F)(F)F. The summed E-state index contributed by atoms with van der Waals surface area (Å²) in [6, 6.07) is 1.19. The number of nitrogens with two attached hydrogens (primary N) is 1. The Kier molecular flexibility index (Phi) is 6.67. The maximum atomic E-state index is 17.0. The van der Waals surface area contributed by atoms with E-state index in [-0.39, 0.29) is 74.8 Å². The number of benzene rings is 1. The van der Waals surface area contributed by atoms with Crippen molar-refractivity contribution >= 4 is 34.1 Å². The van der Waals surface area contributed by atoms with Crippen molar-refractivity contribution in [2.24, 2.45) is 5.41 Å². The van der Waals surface area contributed by atoms with Gasteiger partial charge in [-0.15, -0.1) is 0 Å². The Morgan fingerprint density at radius 1 is 1.22 bits per heavy atom. The lowest BCUT2D eigenvalue weighted by molar-refractivity contribution is -0.137. The van der Waals surface area contributed by atoms with Gasteiger partial charge in [0, 0.05) is 25.2 Å². The highest BCUT2D eigenvalue weighted by molar-refractivity contribution is 6.36. The summed E-state index contributed by atoms with van der Waals surface area (Å²) >= 11 is 6.84. The monoisotopic (exact) mass is 661 g/mol. The molecule has 3 N–H and O–H groups in total. The van der Waals surface area contributed by atoms with Crippen molar-refractivity contribution in [3.8, 4) is 23.0 Å². The zero-order valence-electron chi connectivity index (χ0n) is 25.9. The molecule has 0 amide bonds. The third kappa shape index (κ3) is 4.59. The van der Waals surface area contributed by atoms with E-state index in [1.807, 2.05) is 0 Å². The second kappa shape index (κ2) is 10.2. The van der Waals surface area contributed by atoms with Gasteiger partial charge in [-0.3, -0.25) is 4.90 Å². The number of nitrogens with zero attached hydrogens (tertiary/aromatic N) is 5. The molecule has 0 radical (unpaired) electrons. The van der Waals surface area contributed by atoms with Crippen LogP contribution >= 0.6 is 11.6 Å². The van der Waals surface area contributed by atoms with Gasteiger partial charge in [0.05, 0.1) is 38.8 Å². The van der Waals surface area contributed by atoms with Gasteiger partial charge in [-0.2, -0.15) is 23.1 Å². The molecule has 3 aromatic rings. The van der Waals surface area contributed by atoms with Gasteiger partial charge in [-0.1, -0.05) is 25.4 Å². The van der Waals surface area contributed by atoms with Crippen LogP contribution in [0.3, 0.4) is 0 Å². The van der Waals surface area contributed by atoms with Gasteiger partial charge in [-0.25, -0.2) is 9.37 Å². The predicted molar refractivity (Wildman–Crippen MR) is 166 cm³/mol. The van der Waals surface area contributed by atoms with Gasteiger partial charge in [0.2, 0.25) is 0 Å². The summed E-state index contributed by atoms with van der Waals surface area (Å²) in [5.41, 5.74) is 3.00. The van der Waals surface area contributed by atoms with Crippen LogP contribution in [0.15, 0.2) is 6.07 Å². The van der Waals surface area contributed by atoms with Crippen LogP contribution in [0.2, 0.25) is 5.02 Å². The summed E-state index contributed by atoms with van der Waals surface area (Å²) in [5.74, 6) is -0.839. The van der Waals surface area contributed by atoms with Crippen LogP contribution in [0.1, 0.15) is 57.1 Å². The van der Waals surface area contributed by atoms with Crippen molar-refractivity contribution in [3.05, 3.63) is 28.0 Å². The molecule has 5 aliphatic rings. The minimum Gasteiger partial charge on any atom is -0.489 e. The fourth-order valence-electron chi connectivity index (χ4n) is 8.91. The second-order valence-corrected chi connectivity index (χ2v) is 14.8. The lowest BCUT2D eigenvalue weighted by Crippen LogP contribution is -2.60. The first-order chi connectivity index (χ1) is 21.7. The Morgan fingerprint density at radius 2 is 2.02 bits per heavy atom.